The fraction of sp³-hybridized carbons (Fsp3) is 0.571. The molecule has 1 heteroatoms. The van der Waals surface area contributed by atoms with Crippen molar-refractivity contribution in [2.45, 2.75) is 46.0 Å². The summed E-state index contributed by atoms with van der Waals surface area (Å²) in [4.78, 5) is 0. The lowest BCUT2D eigenvalue weighted by atomic mass is 9.91. The molecular formula is C14H22O. The molecule has 1 rings (SSSR count). The Labute approximate surface area is 93.1 Å². The summed E-state index contributed by atoms with van der Waals surface area (Å²) in [6.45, 7) is 4.50. The van der Waals surface area contributed by atoms with Gasteiger partial charge in [-0.25, -0.2) is 0 Å². The Balaban J connectivity index is 2.53. The molecule has 1 N–H and O–H groups in total. The van der Waals surface area contributed by atoms with E-state index in [1.807, 2.05) is 12.1 Å². The molecule has 0 aliphatic heterocycles. The molecule has 0 heterocycles. The summed E-state index contributed by atoms with van der Waals surface area (Å²) in [5.41, 5.74) is 1.35. The van der Waals surface area contributed by atoms with Gasteiger partial charge in [0.1, 0.15) is 5.75 Å². The number of hydrogen-bond acceptors (Lipinski definition) is 1. The standard InChI is InChI=1S/C14H22O/c1-3-5-12(6-4-2)11-13-7-9-14(15)10-8-13/h7-10,12,15H,3-6,11H2,1-2H3. The van der Waals surface area contributed by atoms with Crippen LogP contribution in [0.4, 0.5) is 0 Å². The van der Waals surface area contributed by atoms with Crippen LogP contribution in [0.3, 0.4) is 0 Å². The Morgan fingerprint density at radius 2 is 1.53 bits per heavy atom. The molecule has 1 aromatic rings. The minimum atomic E-state index is 0.362. The topological polar surface area (TPSA) is 20.2 Å². The van der Waals surface area contributed by atoms with Crippen LogP contribution in [0.5, 0.6) is 5.75 Å². The Morgan fingerprint density at radius 3 is 2.00 bits per heavy atom. The quantitative estimate of drug-likeness (QED) is 0.741. The van der Waals surface area contributed by atoms with E-state index < -0.39 is 0 Å². The molecular weight excluding hydrogens is 184 g/mol. The van der Waals surface area contributed by atoms with Gasteiger partial charge in [0.2, 0.25) is 0 Å². The van der Waals surface area contributed by atoms with Crippen molar-refractivity contribution in [3.05, 3.63) is 29.8 Å². The van der Waals surface area contributed by atoms with Crippen molar-refractivity contribution < 1.29 is 5.11 Å². The number of aromatic hydroxyl groups is 1. The van der Waals surface area contributed by atoms with Gasteiger partial charge in [-0.15, -0.1) is 0 Å². The Hall–Kier alpha value is -0.980. The Bertz CT molecular complexity index is 257. The largest absolute Gasteiger partial charge is 0.508 e. The normalized spacial score (nSPS) is 10.9. The van der Waals surface area contributed by atoms with Crippen molar-refractivity contribution in [2.75, 3.05) is 0 Å². The summed E-state index contributed by atoms with van der Waals surface area (Å²) >= 11 is 0. The zero-order valence-electron chi connectivity index (χ0n) is 9.87. The molecule has 0 atom stereocenters. The van der Waals surface area contributed by atoms with Crippen LogP contribution in [0.1, 0.15) is 45.1 Å². The lowest BCUT2D eigenvalue weighted by molar-refractivity contribution is 0.437. The van der Waals surface area contributed by atoms with Gasteiger partial charge < -0.3 is 5.11 Å². The van der Waals surface area contributed by atoms with E-state index in [9.17, 15) is 5.11 Å². The highest BCUT2D eigenvalue weighted by atomic mass is 16.3. The third kappa shape index (κ3) is 4.37. The van der Waals surface area contributed by atoms with Crippen LogP contribution in [0.15, 0.2) is 24.3 Å². The molecule has 0 amide bonds. The second-order valence-corrected chi connectivity index (χ2v) is 4.31. The maximum absolute atomic E-state index is 9.20. The summed E-state index contributed by atoms with van der Waals surface area (Å²) < 4.78 is 0. The first-order valence-corrected chi connectivity index (χ1v) is 6.04. The third-order valence-corrected chi connectivity index (χ3v) is 2.85. The number of benzene rings is 1. The van der Waals surface area contributed by atoms with Crippen molar-refractivity contribution >= 4 is 0 Å². The van der Waals surface area contributed by atoms with Gasteiger partial charge in [0, 0.05) is 0 Å². The van der Waals surface area contributed by atoms with Crippen LogP contribution in [0, 0.1) is 5.92 Å². The first-order valence-electron chi connectivity index (χ1n) is 6.04. The SMILES string of the molecule is CCCC(CCC)Cc1ccc(O)cc1. The van der Waals surface area contributed by atoms with Gasteiger partial charge in [-0.3, -0.25) is 0 Å². The van der Waals surface area contributed by atoms with E-state index in [1.165, 1.54) is 31.2 Å². The fourth-order valence-corrected chi connectivity index (χ4v) is 2.13. The maximum Gasteiger partial charge on any atom is 0.115 e. The molecule has 0 saturated heterocycles. The molecule has 0 aliphatic carbocycles. The van der Waals surface area contributed by atoms with Gasteiger partial charge in [-0.2, -0.15) is 0 Å². The Morgan fingerprint density at radius 1 is 1.00 bits per heavy atom. The van der Waals surface area contributed by atoms with Gasteiger partial charge in [0.05, 0.1) is 0 Å². The van der Waals surface area contributed by atoms with Gasteiger partial charge in [-0.05, 0) is 30.0 Å². The summed E-state index contributed by atoms with van der Waals surface area (Å²) in [5.74, 6) is 1.17. The van der Waals surface area contributed by atoms with Crippen molar-refractivity contribution in [3.63, 3.8) is 0 Å². The van der Waals surface area contributed by atoms with Gasteiger partial charge >= 0.3 is 0 Å². The van der Waals surface area contributed by atoms with E-state index in [0.717, 1.165) is 12.3 Å². The predicted octanol–water partition coefficient (Wildman–Crippen LogP) is 4.15. The van der Waals surface area contributed by atoms with E-state index >= 15 is 0 Å². The average Bonchev–Trinajstić information content (AvgIpc) is 2.22. The minimum absolute atomic E-state index is 0.362. The van der Waals surface area contributed by atoms with E-state index in [4.69, 9.17) is 0 Å². The van der Waals surface area contributed by atoms with Crippen LogP contribution in [0.2, 0.25) is 0 Å². The molecule has 0 bridgehead atoms. The van der Waals surface area contributed by atoms with E-state index in [0.29, 0.717) is 5.75 Å². The molecule has 0 fully saturated rings. The highest BCUT2D eigenvalue weighted by Crippen LogP contribution is 2.20. The number of hydrogen-bond donors (Lipinski definition) is 1. The highest BCUT2D eigenvalue weighted by molar-refractivity contribution is 5.26. The average molecular weight is 206 g/mol. The van der Waals surface area contributed by atoms with Crippen LogP contribution >= 0.6 is 0 Å². The molecule has 1 aromatic carbocycles. The van der Waals surface area contributed by atoms with Crippen molar-refractivity contribution in [2.24, 2.45) is 5.92 Å². The highest BCUT2D eigenvalue weighted by Gasteiger charge is 2.07. The van der Waals surface area contributed by atoms with Gasteiger partial charge in [-0.1, -0.05) is 51.7 Å². The number of phenols is 1. The van der Waals surface area contributed by atoms with Crippen LogP contribution in [0.25, 0.3) is 0 Å². The molecule has 0 aliphatic rings. The zero-order chi connectivity index (χ0) is 11.1. The molecule has 0 saturated carbocycles. The summed E-state index contributed by atoms with van der Waals surface area (Å²) in [5, 5.41) is 9.20. The molecule has 0 spiro atoms. The van der Waals surface area contributed by atoms with E-state index in [-0.39, 0.29) is 0 Å². The molecule has 0 aromatic heterocycles. The summed E-state index contributed by atoms with van der Waals surface area (Å²) in [6.07, 6.45) is 6.32. The maximum atomic E-state index is 9.20. The molecule has 84 valence electrons. The van der Waals surface area contributed by atoms with Crippen LogP contribution in [-0.2, 0) is 6.42 Å². The molecule has 0 unspecified atom stereocenters. The fourth-order valence-electron chi connectivity index (χ4n) is 2.13. The Kier molecular flexibility index (Phi) is 5.23. The summed E-state index contributed by atoms with van der Waals surface area (Å²) in [6, 6.07) is 7.63. The molecule has 1 nitrogen and oxygen atoms in total. The third-order valence-electron chi connectivity index (χ3n) is 2.85. The minimum Gasteiger partial charge on any atom is -0.508 e. The zero-order valence-corrected chi connectivity index (χ0v) is 9.87. The molecule has 15 heavy (non-hydrogen) atoms. The first-order chi connectivity index (χ1) is 7.26. The van der Waals surface area contributed by atoms with Crippen LogP contribution in [-0.4, -0.2) is 5.11 Å². The number of phenolic OH excluding ortho intramolecular Hbond substituents is 1. The monoisotopic (exact) mass is 206 g/mol. The van der Waals surface area contributed by atoms with E-state index in [2.05, 4.69) is 13.8 Å². The van der Waals surface area contributed by atoms with E-state index in [1.54, 1.807) is 12.1 Å². The second kappa shape index (κ2) is 6.49. The second-order valence-electron chi connectivity index (χ2n) is 4.31. The molecule has 0 radical (unpaired) electrons. The van der Waals surface area contributed by atoms with Crippen molar-refractivity contribution in [1.29, 1.82) is 0 Å². The lowest BCUT2D eigenvalue weighted by Gasteiger charge is -2.15. The van der Waals surface area contributed by atoms with Gasteiger partial charge in [0.25, 0.3) is 0 Å². The summed E-state index contributed by atoms with van der Waals surface area (Å²) in [7, 11) is 0. The predicted molar refractivity (Wildman–Crippen MR) is 65.1 cm³/mol. The lowest BCUT2D eigenvalue weighted by Crippen LogP contribution is -2.03. The van der Waals surface area contributed by atoms with Crippen LogP contribution < -0.4 is 0 Å². The number of rotatable bonds is 6. The first kappa shape index (κ1) is 12.1. The van der Waals surface area contributed by atoms with Crippen molar-refractivity contribution in [1.82, 2.24) is 0 Å². The van der Waals surface area contributed by atoms with Gasteiger partial charge in [0.15, 0.2) is 0 Å². The smallest absolute Gasteiger partial charge is 0.115 e. The van der Waals surface area contributed by atoms with Crippen molar-refractivity contribution in [3.8, 4) is 5.75 Å².